The smallest absolute Gasteiger partial charge is 0.348 e. The average Bonchev–Trinajstić information content (AvgIpc) is 2.67. The van der Waals surface area contributed by atoms with Crippen molar-refractivity contribution in [2.75, 3.05) is 0 Å². The number of rotatable bonds is 4. The summed E-state index contributed by atoms with van der Waals surface area (Å²) in [5, 5.41) is 6.57. The number of halogens is 4. The molecule has 0 radical (unpaired) electrons. The SMILES string of the molecule is CC(=O)N[C@@H]1CCCC(=Nc2cc(Cc3cc(F)cc(C(F)(F)F)c3)ccn2)/C1=N\N. The Morgan fingerprint density at radius 3 is 2.71 bits per heavy atom. The van der Waals surface area contributed by atoms with Gasteiger partial charge in [0.15, 0.2) is 5.82 Å². The second kappa shape index (κ2) is 9.23. The fraction of sp³-hybridized carbons (Fsp3) is 0.333. The van der Waals surface area contributed by atoms with E-state index in [4.69, 9.17) is 5.84 Å². The standard InChI is InChI=1S/C21H21F4N5O/c1-12(31)28-17-3-2-4-18(20(17)30-26)29-19-10-13(5-6-27-19)7-14-8-15(21(23,24)25)11-16(22)9-14/h5-6,8-11,17H,2-4,7,26H2,1H3,(H,28,31)/b29-18?,30-20-/t17-/m1/s1. The van der Waals surface area contributed by atoms with Gasteiger partial charge in [-0.25, -0.2) is 14.4 Å². The Morgan fingerprint density at radius 1 is 1.26 bits per heavy atom. The fourth-order valence-electron chi connectivity index (χ4n) is 3.52. The number of nitrogens with one attached hydrogen (secondary N) is 1. The van der Waals surface area contributed by atoms with Gasteiger partial charge in [-0.2, -0.15) is 18.3 Å². The quantitative estimate of drug-likeness (QED) is 0.433. The van der Waals surface area contributed by atoms with E-state index in [0.29, 0.717) is 41.7 Å². The molecule has 0 bridgehead atoms. The Balaban J connectivity index is 1.85. The molecule has 0 unspecified atom stereocenters. The van der Waals surface area contributed by atoms with E-state index in [-0.39, 0.29) is 23.9 Å². The fourth-order valence-corrected chi connectivity index (χ4v) is 3.52. The highest BCUT2D eigenvalue weighted by atomic mass is 19.4. The minimum Gasteiger partial charge on any atom is -0.348 e. The number of hydrogen-bond donors (Lipinski definition) is 2. The molecule has 164 valence electrons. The van der Waals surface area contributed by atoms with Crippen LogP contribution in [0.4, 0.5) is 23.4 Å². The van der Waals surface area contributed by atoms with Crippen molar-refractivity contribution in [2.45, 2.75) is 44.8 Å². The van der Waals surface area contributed by atoms with Crippen LogP contribution in [-0.4, -0.2) is 28.4 Å². The lowest BCUT2D eigenvalue weighted by Gasteiger charge is -2.25. The lowest BCUT2D eigenvalue weighted by molar-refractivity contribution is -0.137. The van der Waals surface area contributed by atoms with Crippen LogP contribution >= 0.6 is 0 Å². The third-order valence-corrected chi connectivity index (χ3v) is 4.80. The van der Waals surface area contributed by atoms with Crippen LogP contribution in [0.1, 0.15) is 42.9 Å². The summed E-state index contributed by atoms with van der Waals surface area (Å²) in [6, 6.07) is 5.36. The van der Waals surface area contributed by atoms with Crippen LogP contribution in [0.2, 0.25) is 0 Å². The van der Waals surface area contributed by atoms with Crippen molar-refractivity contribution in [2.24, 2.45) is 15.9 Å². The van der Waals surface area contributed by atoms with Crippen LogP contribution in [0.25, 0.3) is 0 Å². The van der Waals surface area contributed by atoms with Gasteiger partial charge in [0.1, 0.15) is 11.5 Å². The number of benzene rings is 1. The molecule has 3 rings (SSSR count). The minimum absolute atomic E-state index is 0.0770. The number of alkyl halides is 3. The summed E-state index contributed by atoms with van der Waals surface area (Å²) in [7, 11) is 0. The molecule has 1 heterocycles. The monoisotopic (exact) mass is 435 g/mol. The summed E-state index contributed by atoms with van der Waals surface area (Å²) < 4.78 is 52.5. The van der Waals surface area contributed by atoms with Crippen LogP contribution in [0.3, 0.4) is 0 Å². The number of hydrogen-bond acceptors (Lipinski definition) is 5. The third-order valence-electron chi connectivity index (χ3n) is 4.80. The van der Waals surface area contributed by atoms with Crippen molar-refractivity contribution < 1.29 is 22.4 Å². The Hall–Kier alpha value is -3.30. The second-order valence-electron chi connectivity index (χ2n) is 7.26. The highest BCUT2D eigenvalue weighted by Gasteiger charge is 2.31. The topological polar surface area (TPSA) is 92.7 Å². The molecule has 1 aromatic heterocycles. The van der Waals surface area contributed by atoms with E-state index in [1.54, 1.807) is 12.1 Å². The molecule has 0 spiro atoms. The number of nitrogens with two attached hydrogens (primary N) is 1. The number of hydrazone groups is 1. The molecule has 1 aromatic carbocycles. The van der Waals surface area contributed by atoms with Gasteiger partial charge in [0.2, 0.25) is 5.91 Å². The summed E-state index contributed by atoms with van der Waals surface area (Å²) in [6.07, 6.45) is -1.03. The summed E-state index contributed by atoms with van der Waals surface area (Å²) in [5.41, 5.74) is 0.821. The molecule has 1 aliphatic carbocycles. The number of amides is 1. The number of nitrogens with zero attached hydrogens (tertiary/aromatic N) is 3. The van der Waals surface area contributed by atoms with Crippen LogP contribution in [-0.2, 0) is 17.4 Å². The van der Waals surface area contributed by atoms with Gasteiger partial charge in [-0.15, -0.1) is 0 Å². The van der Waals surface area contributed by atoms with E-state index in [1.807, 2.05) is 0 Å². The van der Waals surface area contributed by atoms with Gasteiger partial charge in [0.25, 0.3) is 0 Å². The molecule has 1 amide bonds. The largest absolute Gasteiger partial charge is 0.416 e. The first-order valence-corrected chi connectivity index (χ1v) is 9.60. The first-order valence-electron chi connectivity index (χ1n) is 9.60. The zero-order chi connectivity index (χ0) is 22.6. The number of carbonyl (C=O) groups excluding carboxylic acids is 1. The number of pyridine rings is 1. The van der Waals surface area contributed by atoms with Crippen molar-refractivity contribution in [1.29, 1.82) is 0 Å². The highest BCUT2D eigenvalue weighted by Crippen LogP contribution is 2.31. The van der Waals surface area contributed by atoms with E-state index in [0.717, 1.165) is 18.6 Å². The highest BCUT2D eigenvalue weighted by molar-refractivity contribution is 6.45. The maximum Gasteiger partial charge on any atom is 0.416 e. The Bertz CT molecular complexity index is 1030. The van der Waals surface area contributed by atoms with Gasteiger partial charge in [-0.3, -0.25) is 4.79 Å². The summed E-state index contributed by atoms with van der Waals surface area (Å²) in [4.78, 5) is 20.1. The molecule has 3 N–H and O–H groups in total. The molecule has 0 aliphatic heterocycles. The van der Waals surface area contributed by atoms with Crippen LogP contribution in [0, 0.1) is 5.82 Å². The maximum absolute atomic E-state index is 13.7. The van der Waals surface area contributed by atoms with Crippen LogP contribution in [0.5, 0.6) is 0 Å². The molecular formula is C21H21F4N5O. The second-order valence-corrected chi connectivity index (χ2v) is 7.26. The molecule has 0 saturated heterocycles. The molecule has 1 atom stereocenters. The first kappa shape index (κ1) is 22.4. The third kappa shape index (κ3) is 5.87. The number of carbonyl (C=O) groups is 1. The summed E-state index contributed by atoms with van der Waals surface area (Å²) in [6.45, 7) is 1.40. The van der Waals surface area contributed by atoms with Gasteiger partial charge < -0.3 is 11.2 Å². The molecule has 1 saturated carbocycles. The molecule has 6 nitrogen and oxygen atoms in total. The van der Waals surface area contributed by atoms with Crippen molar-refractivity contribution in [1.82, 2.24) is 10.3 Å². The average molecular weight is 435 g/mol. The van der Waals surface area contributed by atoms with Crippen LogP contribution in [0.15, 0.2) is 46.6 Å². The van der Waals surface area contributed by atoms with E-state index in [1.165, 1.54) is 13.1 Å². The van der Waals surface area contributed by atoms with Gasteiger partial charge in [-0.1, -0.05) is 0 Å². The minimum atomic E-state index is -4.63. The summed E-state index contributed by atoms with van der Waals surface area (Å²) in [5.74, 6) is 4.68. The molecule has 10 heteroatoms. The van der Waals surface area contributed by atoms with Gasteiger partial charge in [-0.05, 0) is 67.1 Å². The Morgan fingerprint density at radius 2 is 2.03 bits per heavy atom. The van der Waals surface area contributed by atoms with Crippen molar-refractivity contribution >= 4 is 23.1 Å². The lowest BCUT2D eigenvalue weighted by Crippen LogP contribution is -2.46. The molecule has 1 fully saturated rings. The molecule has 31 heavy (non-hydrogen) atoms. The van der Waals surface area contributed by atoms with Gasteiger partial charge >= 0.3 is 6.18 Å². The van der Waals surface area contributed by atoms with Crippen molar-refractivity contribution in [3.63, 3.8) is 0 Å². The zero-order valence-electron chi connectivity index (χ0n) is 16.7. The Labute approximate surface area is 176 Å². The van der Waals surface area contributed by atoms with E-state index in [9.17, 15) is 22.4 Å². The van der Waals surface area contributed by atoms with Crippen molar-refractivity contribution in [3.05, 3.63) is 59.0 Å². The first-order chi connectivity index (χ1) is 14.7. The predicted molar refractivity (Wildman–Crippen MR) is 109 cm³/mol. The van der Waals surface area contributed by atoms with E-state index >= 15 is 0 Å². The normalized spacial score (nSPS) is 19.6. The molecule has 1 aliphatic rings. The lowest BCUT2D eigenvalue weighted by atomic mass is 9.91. The molecule has 2 aromatic rings. The predicted octanol–water partition coefficient (Wildman–Crippen LogP) is 3.91. The van der Waals surface area contributed by atoms with Gasteiger partial charge in [0, 0.05) is 13.1 Å². The molecular weight excluding hydrogens is 414 g/mol. The van der Waals surface area contributed by atoms with Crippen LogP contribution < -0.4 is 11.2 Å². The van der Waals surface area contributed by atoms with E-state index < -0.39 is 17.6 Å². The number of aliphatic imine (C=N–C) groups is 1. The number of aromatic nitrogens is 1. The van der Waals surface area contributed by atoms with E-state index in [2.05, 4.69) is 20.4 Å². The van der Waals surface area contributed by atoms with Gasteiger partial charge in [0.05, 0.1) is 17.3 Å². The maximum atomic E-state index is 13.7. The van der Waals surface area contributed by atoms with Crippen molar-refractivity contribution in [3.8, 4) is 0 Å². The zero-order valence-corrected chi connectivity index (χ0v) is 16.7. The Kier molecular flexibility index (Phi) is 6.67. The summed E-state index contributed by atoms with van der Waals surface area (Å²) >= 11 is 0.